The van der Waals surface area contributed by atoms with E-state index >= 15 is 0 Å². The van der Waals surface area contributed by atoms with E-state index in [1.807, 2.05) is 36.4 Å². The summed E-state index contributed by atoms with van der Waals surface area (Å²) in [5, 5.41) is 3.66. The quantitative estimate of drug-likeness (QED) is 0.168. The molecule has 0 heterocycles. The van der Waals surface area contributed by atoms with Crippen molar-refractivity contribution in [2.45, 2.75) is 55.6 Å². The second kappa shape index (κ2) is 16.0. The Morgan fingerprint density at radius 1 is 0.833 bits per heavy atom. The first-order chi connectivity index (χ1) is 23.2. The summed E-state index contributed by atoms with van der Waals surface area (Å²) >= 11 is 6.35. The van der Waals surface area contributed by atoms with Crippen LogP contribution in [0.5, 0.6) is 11.5 Å². The third kappa shape index (κ3) is 8.48. The minimum atomic E-state index is -4.26. The van der Waals surface area contributed by atoms with Gasteiger partial charge in [-0.25, -0.2) is 8.42 Å². The fourth-order valence-corrected chi connectivity index (χ4v) is 7.62. The fraction of sp³-hybridized carbons (Fsp3) is 0.297. The van der Waals surface area contributed by atoms with Crippen molar-refractivity contribution in [2.75, 3.05) is 25.1 Å². The van der Waals surface area contributed by atoms with Gasteiger partial charge in [0.2, 0.25) is 11.8 Å². The number of halogens is 1. The van der Waals surface area contributed by atoms with Crippen LogP contribution in [0.25, 0.3) is 0 Å². The normalized spacial score (nSPS) is 13.8. The largest absolute Gasteiger partial charge is 0.493 e. The number of carbonyl (C=O) groups excluding carboxylic acids is 2. The van der Waals surface area contributed by atoms with E-state index < -0.39 is 28.5 Å². The van der Waals surface area contributed by atoms with Crippen LogP contribution in [-0.2, 0) is 32.6 Å². The number of rotatable bonds is 14. The van der Waals surface area contributed by atoms with E-state index in [0.717, 1.165) is 35.6 Å². The lowest BCUT2D eigenvalue weighted by Crippen LogP contribution is -2.54. The standard InChI is InChI=1S/C37H40ClN3O6S/c1-46-34-21-20-31(24-35(34)47-2)41(48(44,45)32-18-7-4-8-19-32)26-36(42)40(25-28-14-11-15-29(38)22-28)33(23-27-12-5-3-6-13-27)37(43)39-30-16-9-10-17-30/h3-8,11-15,18-22,24,30,33H,9-10,16-17,23,25-26H2,1-2H3,(H,39,43). The van der Waals surface area contributed by atoms with E-state index in [-0.39, 0.29) is 35.5 Å². The first-order valence-electron chi connectivity index (χ1n) is 15.9. The molecule has 1 N–H and O–H groups in total. The molecule has 2 amide bonds. The molecule has 0 radical (unpaired) electrons. The van der Waals surface area contributed by atoms with Crippen molar-refractivity contribution in [3.8, 4) is 11.5 Å². The topological polar surface area (TPSA) is 105 Å². The molecule has 1 atom stereocenters. The summed E-state index contributed by atoms with van der Waals surface area (Å²) in [7, 11) is -1.33. The van der Waals surface area contributed by atoms with Gasteiger partial charge < -0.3 is 19.7 Å². The molecule has 0 aromatic heterocycles. The maximum absolute atomic E-state index is 14.7. The van der Waals surface area contributed by atoms with Crippen molar-refractivity contribution in [1.29, 1.82) is 0 Å². The molecule has 1 fully saturated rings. The molecule has 0 aliphatic heterocycles. The van der Waals surface area contributed by atoms with Gasteiger partial charge in [0.15, 0.2) is 11.5 Å². The number of ether oxygens (including phenoxy) is 2. The van der Waals surface area contributed by atoms with Crippen molar-refractivity contribution in [1.82, 2.24) is 10.2 Å². The Morgan fingerprint density at radius 3 is 2.12 bits per heavy atom. The van der Waals surface area contributed by atoms with Gasteiger partial charge in [0.25, 0.3) is 10.0 Å². The molecule has 1 unspecified atom stereocenters. The predicted octanol–water partition coefficient (Wildman–Crippen LogP) is 6.25. The van der Waals surface area contributed by atoms with Crippen LogP contribution < -0.4 is 19.1 Å². The Morgan fingerprint density at radius 2 is 1.48 bits per heavy atom. The highest BCUT2D eigenvalue weighted by atomic mass is 35.5. The molecule has 0 spiro atoms. The zero-order valence-corrected chi connectivity index (χ0v) is 28.6. The molecule has 1 aliphatic rings. The summed E-state index contributed by atoms with van der Waals surface area (Å²) in [6, 6.07) is 28.2. The lowest BCUT2D eigenvalue weighted by molar-refractivity contribution is -0.140. The number of anilines is 1. The van der Waals surface area contributed by atoms with Gasteiger partial charge >= 0.3 is 0 Å². The summed E-state index contributed by atoms with van der Waals surface area (Å²) in [4.78, 5) is 30.3. The van der Waals surface area contributed by atoms with Gasteiger partial charge in [-0.2, -0.15) is 0 Å². The Bertz CT molecular complexity index is 1800. The van der Waals surface area contributed by atoms with Crippen LogP contribution in [-0.4, -0.2) is 58.0 Å². The summed E-state index contributed by atoms with van der Waals surface area (Å²) in [5.74, 6) is -0.153. The number of methoxy groups -OCH3 is 2. The van der Waals surface area contributed by atoms with E-state index in [2.05, 4.69) is 5.32 Å². The monoisotopic (exact) mass is 689 g/mol. The average molecular weight is 690 g/mol. The molecule has 252 valence electrons. The lowest BCUT2D eigenvalue weighted by Gasteiger charge is -2.34. The van der Waals surface area contributed by atoms with Gasteiger partial charge in [0, 0.05) is 30.1 Å². The van der Waals surface area contributed by atoms with Crippen molar-refractivity contribution < 1.29 is 27.5 Å². The Kier molecular flexibility index (Phi) is 11.6. The average Bonchev–Trinajstić information content (AvgIpc) is 3.62. The zero-order chi connectivity index (χ0) is 34.1. The Labute approximate surface area is 287 Å². The minimum absolute atomic E-state index is 0.00814. The van der Waals surface area contributed by atoms with Crippen LogP contribution in [0.4, 0.5) is 5.69 Å². The number of sulfonamides is 1. The van der Waals surface area contributed by atoms with Crippen LogP contribution in [0.2, 0.25) is 5.02 Å². The Balaban J connectivity index is 1.59. The minimum Gasteiger partial charge on any atom is -0.493 e. The Hall–Kier alpha value is -4.54. The molecule has 5 rings (SSSR count). The van der Waals surface area contributed by atoms with E-state index in [4.69, 9.17) is 21.1 Å². The highest BCUT2D eigenvalue weighted by Gasteiger charge is 2.36. The highest BCUT2D eigenvalue weighted by Crippen LogP contribution is 2.34. The number of amides is 2. The van der Waals surface area contributed by atoms with Crippen LogP contribution in [0.1, 0.15) is 36.8 Å². The molecule has 9 nitrogen and oxygen atoms in total. The number of hydrogen-bond donors (Lipinski definition) is 1. The van der Waals surface area contributed by atoms with E-state index in [1.165, 1.54) is 37.3 Å². The maximum atomic E-state index is 14.7. The molecule has 48 heavy (non-hydrogen) atoms. The van der Waals surface area contributed by atoms with Crippen molar-refractivity contribution in [3.05, 3.63) is 119 Å². The molecule has 4 aromatic rings. The summed E-state index contributed by atoms with van der Waals surface area (Å²) in [5.41, 5.74) is 1.76. The second-order valence-electron chi connectivity index (χ2n) is 11.7. The molecule has 1 saturated carbocycles. The summed E-state index contributed by atoms with van der Waals surface area (Å²) < 4.78 is 40.4. The number of hydrogen-bond acceptors (Lipinski definition) is 6. The van der Waals surface area contributed by atoms with E-state index in [1.54, 1.807) is 48.5 Å². The summed E-state index contributed by atoms with van der Waals surface area (Å²) in [6.07, 6.45) is 4.02. The van der Waals surface area contributed by atoms with Crippen molar-refractivity contribution >= 4 is 39.1 Å². The molecule has 0 saturated heterocycles. The molecule has 0 bridgehead atoms. The van der Waals surface area contributed by atoms with Gasteiger partial charge in [-0.15, -0.1) is 0 Å². The van der Waals surface area contributed by atoms with Gasteiger partial charge in [0.1, 0.15) is 12.6 Å². The van der Waals surface area contributed by atoms with Crippen LogP contribution in [0, 0.1) is 0 Å². The summed E-state index contributed by atoms with van der Waals surface area (Å²) in [6.45, 7) is -0.560. The number of benzene rings is 4. The van der Waals surface area contributed by atoms with E-state index in [0.29, 0.717) is 22.1 Å². The third-order valence-electron chi connectivity index (χ3n) is 8.48. The molecule has 1 aliphatic carbocycles. The highest BCUT2D eigenvalue weighted by molar-refractivity contribution is 7.92. The fourth-order valence-electron chi connectivity index (χ4n) is 5.98. The zero-order valence-electron chi connectivity index (χ0n) is 27.0. The van der Waals surface area contributed by atoms with Gasteiger partial charge in [-0.3, -0.25) is 13.9 Å². The SMILES string of the molecule is COc1ccc(N(CC(=O)N(Cc2cccc(Cl)c2)C(Cc2ccccc2)C(=O)NC2CCCC2)S(=O)(=O)c2ccccc2)cc1OC. The predicted molar refractivity (Wildman–Crippen MR) is 187 cm³/mol. The number of nitrogens with zero attached hydrogens (tertiary/aromatic N) is 2. The number of carbonyl (C=O) groups is 2. The maximum Gasteiger partial charge on any atom is 0.264 e. The van der Waals surface area contributed by atoms with E-state index in [9.17, 15) is 18.0 Å². The van der Waals surface area contributed by atoms with Crippen LogP contribution in [0.15, 0.2) is 108 Å². The third-order valence-corrected chi connectivity index (χ3v) is 10.5. The van der Waals surface area contributed by atoms with Gasteiger partial charge in [0.05, 0.1) is 24.8 Å². The van der Waals surface area contributed by atoms with Crippen LogP contribution >= 0.6 is 11.6 Å². The molecular formula is C37H40ClN3O6S. The van der Waals surface area contributed by atoms with Gasteiger partial charge in [-0.1, -0.05) is 85.1 Å². The molecule has 11 heteroatoms. The second-order valence-corrected chi connectivity index (χ2v) is 14.0. The first kappa shape index (κ1) is 34.8. The smallest absolute Gasteiger partial charge is 0.264 e. The first-order valence-corrected chi connectivity index (χ1v) is 17.7. The molecular weight excluding hydrogens is 650 g/mol. The van der Waals surface area contributed by atoms with Gasteiger partial charge in [-0.05, 0) is 60.4 Å². The van der Waals surface area contributed by atoms with Crippen molar-refractivity contribution in [3.63, 3.8) is 0 Å². The van der Waals surface area contributed by atoms with Crippen molar-refractivity contribution in [2.24, 2.45) is 0 Å². The van der Waals surface area contributed by atoms with Crippen LogP contribution in [0.3, 0.4) is 0 Å². The number of nitrogens with one attached hydrogen (secondary N) is 1. The molecule has 4 aromatic carbocycles. The lowest BCUT2D eigenvalue weighted by atomic mass is 10.0.